The van der Waals surface area contributed by atoms with Crippen LogP contribution in [0.2, 0.25) is 0 Å². The molecule has 0 aliphatic heterocycles. The van der Waals surface area contributed by atoms with Crippen molar-refractivity contribution in [1.82, 2.24) is 19.7 Å². The lowest BCUT2D eigenvalue weighted by Crippen LogP contribution is -2.35. The molecule has 1 heterocycles. The van der Waals surface area contributed by atoms with Crippen LogP contribution in [-0.2, 0) is 10.0 Å². The number of benzene rings is 1. The number of carbonyl (C=O) groups is 1. The molecule has 25 heavy (non-hydrogen) atoms. The smallest absolute Gasteiger partial charge is 0.335 e. The highest BCUT2D eigenvalue weighted by Crippen LogP contribution is 2.30. The molecule has 2 amide bonds. The molecule has 0 unspecified atom stereocenters. The number of anilines is 1. The van der Waals surface area contributed by atoms with E-state index in [-0.39, 0.29) is 28.2 Å². The van der Waals surface area contributed by atoms with Crippen molar-refractivity contribution < 1.29 is 17.9 Å². The zero-order chi connectivity index (χ0) is 18.6. The maximum atomic E-state index is 12.4. The minimum Gasteiger partial charge on any atom is -0.467 e. The van der Waals surface area contributed by atoms with Crippen molar-refractivity contribution in [3.05, 3.63) is 35.7 Å². The van der Waals surface area contributed by atoms with Crippen LogP contribution in [-0.4, -0.2) is 36.5 Å². The number of rotatable bonds is 5. The van der Waals surface area contributed by atoms with Gasteiger partial charge >= 0.3 is 12.0 Å². The second kappa shape index (κ2) is 7.81. The number of halogens is 2. The van der Waals surface area contributed by atoms with E-state index in [1.165, 1.54) is 25.3 Å². The van der Waals surface area contributed by atoms with Crippen LogP contribution in [0.25, 0.3) is 0 Å². The third kappa shape index (κ3) is 4.91. The summed E-state index contributed by atoms with van der Waals surface area (Å²) in [5.41, 5.74) is 0.142. The lowest BCUT2D eigenvalue weighted by molar-refractivity contribution is 0.256. The first-order valence-electron chi connectivity index (χ1n) is 6.70. The molecule has 2 rings (SSSR count). The number of nitrogens with one attached hydrogen (secondary N) is 2. The summed E-state index contributed by atoms with van der Waals surface area (Å²) in [6, 6.07) is 4.68. The summed E-state index contributed by atoms with van der Waals surface area (Å²) in [6.07, 6.45) is 0. The number of methoxy groups -OCH3 is 1. The third-order valence-electron chi connectivity index (χ3n) is 2.81. The zero-order valence-electron chi connectivity index (χ0n) is 13.0. The monoisotopic (exact) mass is 405 g/mol. The maximum Gasteiger partial charge on any atom is 0.335 e. The molecule has 0 saturated heterocycles. The van der Waals surface area contributed by atoms with E-state index in [1.807, 2.05) is 4.72 Å². The molecule has 0 fully saturated rings. The number of hydrogen-bond donors (Lipinski definition) is 2. The lowest BCUT2D eigenvalue weighted by Gasteiger charge is -2.12. The molecule has 1 aromatic carbocycles. The predicted octanol–water partition coefficient (Wildman–Crippen LogP) is 2.18. The predicted molar refractivity (Wildman–Crippen MR) is 91.3 cm³/mol. The van der Waals surface area contributed by atoms with Crippen LogP contribution >= 0.6 is 23.2 Å². The Bertz CT molecular complexity index is 892. The van der Waals surface area contributed by atoms with E-state index < -0.39 is 20.9 Å². The Hall–Kier alpha value is -2.17. The maximum absolute atomic E-state index is 12.4. The molecule has 2 aromatic rings. The van der Waals surface area contributed by atoms with Gasteiger partial charge in [0.05, 0.1) is 12.0 Å². The average molecular weight is 406 g/mol. The van der Waals surface area contributed by atoms with Gasteiger partial charge in [0.25, 0.3) is 10.0 Å². The van der Waals surface area contributed by atoms with E-state index in [0.717, 1.165) is 0 Å². The van der Waals surface area contributed by atoms with Crippen molar-refractivity contribution in [3.8, 4) is 6.01 Å². The standard InChI is InChI=1S/C13H13Cl2N5O4S/c1-7-16-11(19-13(17-7)24-2)18-12(21)20-25(22,23)9-6-4-3-5-8(9)10(14)15/h3-6,10H,1-2H3,(H2,16,17,18,19,20,21). The van der Waals surface area contributed by atoms with E-state index in [2.05, 4.69) is 20.3 Å². The Balaban J connectivity index is 2.21. The fourth-order valence-corrected chi connectivity index (χ4v) is 3.48. The quantitative estimate of drug-likeness (QED) is 0.730. The average Bonchev–Trinajstić information content (AvgIpc) is 2.53. The number of urea groups is 1. The van der Waals surface area contributed by atoms with Gasteiger partial charge in [-0.15, -0.1) is 23.2 Å². The number of aromatic nitrogens is 3. The van der Waals surface area contributed by atoms with E-state index >= 15 is 0 Å². The van der Waals surface area contributed by atoms with Crippen molar-refractivity contribution in [3.63, 3.8) is 0 Å². The molecule has 0 spiro atoms. The van der Waals surface area contributed by atoms with Gasteiger partial charge in [0.15, 0.2) is 0 Å². The van der Waals surface area contributed by atoms with E-state index in [9.17, 15) is 13.2 Å². The number of alkyl halides is 2. The molecule has 0 radical (unpaired) electrons. The van der Waals surface area contributed by atoms with E-state index in [1.54, 1.807) is 13.0 Å². The normalized spacial score (nSPS) is 11.2. The summed E-state index contributed by atoms with van der Waals surface area (Å²) in [5.74, 6) is 0.111. The van der Waals surface area contributed by atoms with Gasteiger partial charge in [-0.2, -0.15) is 15.0 Å². The summed E-state index contributed by atoms with van der Waals surface area (Å²) in [5, 5.41) is 2.19. The van der Waals surface area contributed by atoms with Crippen LogP contribution in [0.15, 0.2) is 29.2 Å². The van der Waals surface area contributed by atoms with Gasteiger partial charge < -0.3 is 4.74 Å². The van der Waals surface area contributed by atoms with Crippen molar-refractivity contribution >= 4 is 45.2 Å². The van der Waals surface area contributed by atoms with Crippen LogP contribution in [0.4, 0.5) is 10.7 Å². The molecule has 12 heteroatoms. The number of ether oxygens (including phenoxy) is 1. The molecule has 0 aliphatic carbocycles. The number of sulfonamides is 1. The van der Waals surface area contributed by atoms with Gasteiger partial charge in [0, 0.05) is 5.56 Å². The Morgan fingerprint density at radius 2 is 1.88 bits per heavy atom. The Kier molecular flexibility index (Phi) is 5.98. The minimum atomic E-state index is -4.21. The topological polar surface area (TPSA) is 123 Å². The highest BCUT2D eigenvalue weighted by atomic mass is 35.5. The Labute approximate surface area is 153 Å². The molecule has 134 valence electrons. The highest BCUT2D eigenvalue weighted by molar-refractivity contribution is 7.90. The second-order valence-corrected chi connectivity index (χ2v) is 7.34. The fraction of sp³-hybridized carbons (Fsp3) is 0.231. The van der Waals surface area contributed by atoms with Crippen molar-refractivity contribution in [2.45, 2.75) is 16.7 Å². The van der Waals surface area contributed by atoms with Gasteiger partial charge in [-0.25, -0.2) is 17.9 Å². The molecule has 0 bridgehead atoms. The minimum absolute atomic E-state index is 0.0249. The lowest BCUT2D eigenvalue weighted by atomic mass is 10.2. The summed E-state index contributed by atoms with van der Waals surface area (Å²) < 4.78 is 31.4. The van der Waals surface area contributed by atoms with Crippen LogP contribution in [0.1, 0.15) is 16.2 Å². The number of carbonyl (C=O) groups excluding carboxylic acids is 1. The Morgan fingerprint density at radius 1 is 1.20 bits per heavy atom. The highest BCUT2D eigenvalue weighted by Gasteiger charge is 2.24. The largest absolute Gasteiger partial charge is 0.467 e. The summed E-state index contributed by atoms with van der Waals surface area (Å²) in [7, 11) is -2.87. The van der Waals surface area contributed by atoms with Crippen LogP contribution in [0.3, 0.4) is 0 Å². The van der Waals surface area contributed by atoms with Gasteiger partial charge in [-0.05, 0) is 13.0 Å². The molecule has 1 aromatic heterocycles. The molecule has 0 atom stereocenters. The van der Waals surface area contributed by atoms with E-state index in [0.29, 0.717) is 0 Å². The fourth-order valence-electron chi connectivity index (χ4n) is 1.81. The van der Waals surface area contributed by atoms with Crippen molar-refractivity contribution in [1.29, 1.82) is 0 Å². The van der Waals surface area contributed by atoms with Gasteiger partial charge in [0.1, 0.15) is 10.7 Å². The van der Waals surface area contributed by atoms with Gasteiger partial charge in [0.2, 0.25) is 5.95 Å². The zero-order valence-corrected chi connectivity index (χ0v) is 15.4. The first-order valence-corrected chi connectivity index (χ1v) is 9.06. The van der Waals surface area contributed by atoms with Gasteiger partial charge in [-0.1, -0.05) is 18.2 Å². The number of aryl methyl sites for hydroxylation is 1. The molecule has 9 nitrogen and oxygen atoms in total. The van der Waals surface area contributed by atoms with Crippen LogP contribution in [0, 0.1) is 6.92 Å². The second-order valence-electron chi connectivity index (χ2n) is 4.59. The number of hydrogen-bond acceptors (Lipinski definition) is 7. The summed E-state index contributed by atoms with van der Waals surface area (Å²) in [6.45, 7) is 1.56. The van der Waals surface area contributed by atoms with Gasteiger partial charge in [-0.3, -0.25) is 5.32 Å². The van der Waals surface area contributed by atoms with Crippen LogP contribution in [0.5, 0.6) is 6.01 Å². The third-order valence-corrected chi connectivity index (χ3v) is 4.68. The molecular formula is C13H13Cl2N5O4S. The number of nitrogens with zero attached hydrogens (tertiary/aromatic N) is 3. The first kappa shape index (κ1) is 19.2. The SMILES string of the molecule is COc1nc(C)nc(NC(=O)NS(=O)(=O)c2ccccc2C(Cl)Cl)n1. The Morgan fingerprint density at radius 3 is 2.52 bits per heavy atom. The molecule has 0 saturated carbocycles. The summed E-state index contributed by atoms with van der Waals surface area (Å²) in [4.78, 5) is 22.2. The summed E-state index contributed by atoms with van der Waals surface area (Å²) >= 11 is 11.5. The van der Waals surface area contributed by atoms with Crippen molar-refractivity contribution in [2.75, 3.05) is 12.4 Å². The molecule has 0 aliphatic rings. The first-order chi connectivity index (χ1) is 11.7. The van der Waals surface area contributed by atoms with E-state index in [4.69, 9.17) is 27.9 Å². The number of amides is 2. The van der Waals surface area contributed by atoms with Crippen LogP contribution < -0.4 is 14.8 Å². The molecule has 2 N–H and O–H groups in total. The van der Waals surface area contributed by atoms with Crippen molar-refractivity contribution in [2.24, 2.45) is 0 Å². The molecular weight excluding hydrogens is 393 g/mol.